The number of hydrogen-bond donors (Lipinski definition) is 2. The molecule has 1 aliphatic rings. The van der Waals surface area contributed by atoms with E-state index in [9.17, 15) is 5.11 Å². The lowest BCUT2D eigenvalue weighted by molar-refractivity contribution is -0.00804. The molecule has 2 N–H and O–H groups in total. The Morgan fingerprint density at radius 1 is 1.32 bits per heavy atom. The summed E-state index contributed by atoms with van der Waals surface area (Å²) in [6.45, 7) is -0.0460. The SMILES string of the molecule is OCc1ccc(Oc2ccc3c(c2)C(O)OB3)nc1. The maximum atomic E-state index is 9.62. The third kappa shape index (κ3) is 2.46. The Kier molecular flexibility index (Phi) is 3.21. The highest BCUT2D eigenvalue weighted by Crippen LogP contribution is 2.25. The van der Waals surface area contributed by atoms with Crippen molar-refractivity contribution in [3.05, 3.63) is 47.7 Å². The van der Waals surface area contributed by atoms with Gasteiger partial charge in [0.25, 0.3) is 0 Å². The first-order chi connectivity index (χ1) is 9.26. The first kappa shape index (κ1) is 12.2. The van der Waals surface area contributed by atoms with Crippen molar-refractivity contribution >= 4 is 12.9 Å². The highest BCUT2D eigenvalue weighted by molar-refractivity contribution is 6.49. The maximum Gasteiger partial charge on any atom is 0.312 e. The number of aromatic nitrogens is 1. The van der Waals surface area contributed by atoms with E-state index in [1.165, 1.54) is 0 Å². The van der Waals surface area contributed by atoms with Crippen molar-refractivity contribution in [3.8, 4) is 11.6 Å². The normalized spacial score (nSPS) is 16.8. The molecule has 2 aromatic rings. The molecule has 0 saturated carbocycles. The number of nitrogens with zero attached hydrogens (tertiary/aromatic N) is 1. The quantitative estimate of drug-likeness (QED) is 0.777. The lowest BCUT2D eigenvalue weighted by Crippen LogP contribution is -2.10. The smallest absolute Gasteiger partial charge is 0.312 e. The summed E-state index contributed by atoms with van der Waals surface area (Å²) in [5.41, 5.74) is 2.41. The summed E-state index contributed by atoms with van der Waals surface area (Å²) in [4.78, 5) is 4.08. The van der Waals surface area contributed by atoms with E-state index < -0.39 is 6.29 Å². The minimum atomic E-state index is -0.886. The summed E-state index contributed by atoms with van der Waals surface area (Å²) in [6.07, 6.45) is 0.670. The van der Waals surface area contributed by atoms with Gasteiger partial charge in [-0.25, -0.2) is 4.98 Å². The Morgan fingerprint density at radius 2 is 2.21 bits per heavy atom. The van der Waals surface area contributed by atoms with Crippen molar-refractivity contribution in [2.24, 2.45) is 0 Å². The van der Waals surface area contributed by atoms with Crippen LogP contribution in [-0.4, -0.2) is 22.7 Å². The third-order valence-corrected chi connectivity index (χ3v) is 2.98. The molecule has 3 rings (SSSR count). The van der Waals surface area contributed by atoms with Gasteiger partial charge in [-0.3, -0.25) is 0 Å². The zero-order chi connectivity index (χ0) is 13.2. The molecule has 0 amide bonds. The van der Waals surface area contributed by atoms with Gasteiger partial charge in [0.1, 0.15) is 5.75 Å². The van der Waals surface area contributed by atoms with Crippen LogP contribution in [0.4, 0.5) is 0 Å². The number of aliphatic hydroxyl groups is 2. The molecule has 0 spiro atoms. The maximum absolute atomic E-state index is 9.62. The first-order valence-corrected chi connectivity index (χ1v) is 5.92. The Bertz CT molecular complexity index is 588. The van der Waals surface area contributed by atoms with Crippen LogP contribution in [0.3, 0.4) is 0 Å². The van der Waals surface area contributed by atoms with Gasteiger partial charge < -0.3 is 19.6 Å². The van der Waals surface area contributed by atoms with E-state index in [4.69, 9.17) is 14.5 Å². The molecule has 0 fully saturated rings. The van der Waals surface area contributed by atoms with Crippen molar-refractivity contribution in [1.82, 2.24) is 4.98 Å². The number of hydrogen-bond acceptors (Lipinski definition) is 5. The molecular formula is C13H12BNO4. The van der Waals surface area contributed by atoms with Gasteiger partial charge in [0.15, 0.2) is 6.29 Å². The molecule has 19 heavy (non-hydrogen) atoms. The van der Waals surface area contributed by atoms with Crippen LogP contribution in [-0.2, 0) is 11.3 Å². The van der Waals surface area contributed by atoms with E-state index in [0.29, 0.717) is 19.1 Å². The number of aliphatic hydroxyl groups excluding tert-OH is 2. The second kappa shape index (κ2) is 5.01. The van der Waals surface area contributed by atoms with Crippen LogP contribution in [0, 0.1) is 0 Å². The average Bonchev–Trinajstić information content (AvgIpc) is 2.81. The molecule has 0 aliphatic carbocycles. The largest absolute Gasteiger partial charge is 0.439 e. The van der Waals surface area contributed by atoms with Crippen LogP contribution < -0.4 is 10.2 Å². The zero-order valence-corrected chi connectivity index (χ0v) is 10.1. The Balaban J connectivity index is 1.81. The summed E-state index contributed by atoms with van der Waals surface area (Å²) in [5.74, 6) is 1.03. The number of pyridine rings is 1. The zero-order valence-electron chi connectivity index (χ0n) is 10.1. The monoisotopic (exact) mass is 257 g/mol. The summed E-state index contributed by atoms with van der Waals surface area (Å²) < 4.78 is 10.7. The lowest BCUT2D eigenvalue weighted by atomic mass is 9.87. The van der Waals surface area contributed by atoms with Gasteiger partial charge in [-0.2, -0.15) is 0 Å². The molecule has 1 unspecified atom stereocenters. The fourth-order valence-electron chi connectivity index (χ4n) is 1.94. The van der Waals surface area contributed by atoms with Gasteiger partial charge in [0.2, 0.25) is 5.88 Å². The van der Waals surface area contributed by atoms with E-state index in [1.54, 1.807) is 24.4 Å². The summed E-state index contributed by atoms with van der Waals surface area (Å²) in [7, 11) is 0.417. The standard InChI is InChI=1S/C13H12BNO4/c16-7-8-1-4-12(15-6-8)18-9-2-3-11-10(5-9)13(17)19-14-11/h1-6,13-14,16-17H,7H2. The van der Waals surface area contributed by atoms with Crippen molar-refractivity contribution in [2.75, 3.05) is 0 Å². The molecule has 2 heterocycles. The molecule has 0 saturated heterocycles. The third-order valence-electron chi connectivity index (χ3n) is 2.98. The Labute approximate surface area is 110 Å². The number of fused-ring (bicyclic) bond motifs is 1. The second-order valence-corrected chi connectivity index (χ2v) is 4.29. The van der Waals surface area contributed by atoms with Crippen molar-refractivity contribution in [3.63, 3.8) is 0 Å². The lowest BCUT2D eigenvalue weighted by Gasteiger charge is -2.08. The van der Waals surface area contributed by atoms with Crippen LogP contribution in [0.1, 0.15) is 17.4 Å². The van der Waals surface area contributed by atoms with Crippen LogP contribution in [0.2, 0.25) is 0 Å². The molecule has 1 atom stereocenters. The highest BCUT2D eigenvalue weighted by Gasteiger charge is 2.22. The Hall–Kier alpha value is -1.89. The Morgan fingerprint density at radius 3 is 2.95 bits per heavy atom. The van der Waals surface area contributed by atoms with Crippen molar-refractivity contribution < 1.29 is 19.6 Å². The second-order valence-electron chi connectivity index (χ2n) is 4.29. The van der Waals surface area contributed by atoms with Gasteiger partial charge in [-0.15, -0.1) is 0 Å². The van der Waals surface area contributed by atoms with E-state index in [0.717, 1.165) is 16.6 Å². The molecule has 1 aromatic heterocycles. The van der Waals surface area contributed by atoms with Gasteiger partial charge in [-0.1, -0.05) is 6.07 Å². The van der Waals surface area contributed by atoms with E-state index in [2.05, 4.69) is 4.98 Å². The molecule has 96 valence electrons. The topological polar surface area (TPSA) is 71.8 Å². The van der Waals surface area contributed by atoms with Crippen LogP contribution in [0.25, 0.3) is 0 Å². The summed E-state index contributed by atoms with van der Waals surface area (Å²) in [6, 6.07) is 8.85. The summed E-state index contributed by atoms with van der Waals surface area (Å²) in [5, 5.41) is 18.5. The summed E-state index contributed by atoms with van der Waals surface area (Å²) >= 11 is 0. The van der Waals surface area contributed by atoms with E-state index >= 15 is 0 Å². The molecule has 0 radical (unpaired) electrons. The molecular weight excluding hydrogens is 245 g/mol. The van der Waals surface area contributed by atoms with E-state index in [-0.39, 0.29) is 6.61 Å². The molecule has 0 bridgehead atoms. The van der Waals surface area contributed by atoms with Crippen LogP contribution >= 0.6 is 0 Å². The fraction of sp³-hybridized carbons (Fsp3) is 0.154. The molecule has 1 aromatic carbocycles. The number of benzene rings is 1. The highest BCUT2D eigenvalue weighted by atomic mass is 16.6. The molecule has 5 nitrogen and oxygen atoms in total. The van der Waals surface area contributed by atoms with Crippen LogP contribution in [0.15, 0.2) is 36.5 Å². The van der Waals surface area contributed by atoms with Gasteiger partial charge in [0, 0.05) is 17.8 Å². The van der Waals surface area contributed by atoms with Crippen molar-refractivity contribution in [1.29, 1.82) is 0 Å². The minimum absolute atomic E-state index is 0.0460. The molecule has 1 aliphatic heterocycles. The van der Waals surface area contributed by atoms with E-state index in [1.807, 2.05) is 12.1 Å². The van der Waals surface area contributed by atoms with Gasteiger partial charge >= 0.3 is 7.48 Å². The van der Waals surface area contributed by atoms with Gasteiger partial charge in [0.05, 0.1) is 6.61 Å². The number of ether oxygens (including phenoxy) is 1. The average molecular weight is 257 g/mol. The molecule has 6 heteroatoms. The first-order valence-electron chi connectivity index (χ1n) is 5.92. The van der Waals surface area contributed by atoms with Crippen molar-refractivity contribution in [2.45, 2.75) is 12.9 Å². The fourth-order valence-corrected chi connectivity index (χ4v) is 1.94. The predicted molar refractivity (Wildman–Crippen MR) is 69.5 cm³/mol. The number of rotatable bonds is 3. The van der Waals surface area contributed by atoms with Gasteiger partial charge in [-0.05, 0) is 29.2 Å². The minimum Gasteiger partial charge on any atom is -0.439 e. The van der Waals surface area contributed by atoms with Crippen LogP contribution in [0.5, 0.6) is 11.6 Å². The predicted octanol–water partition coefficient (Wildman–Crippen LogP) is 0.364.